The summed E-state index contributed by atoms with van der Waals surface area (Å²) in [4.78, 5) is 15.5. The molecule has 0 aromatic heterocycles. The van der Waals surface area contributed by atoms with Crippen molar-refractivity contribution < 1.29 is 14.6 Å². The van der Waals surface area contributed by atoms with Gasteiger partial charge in [0.15, 0.2) is 0 Å². The largest absolute Gasteiger partial charge is 0.453 e. The lowest BCUT2D eigenvalue weighted by atomic mass is 10.1. The van der Waals surface area contributed by atoms with Gasteiger partial charge in [0.05, 0.1) is 25.3 Å². The van der Waals surface area contributed by atoms with Crippen LogP contribution in [0.1, 0.15) is 19.8 Å². The highest BCUT2D eigenvalue weighted by Crippen LogP contribution is 2.25. The molecular weight excluding hydrogens is 212 g/mol. The number of likely N-dealkylation sites (tertiary alicyclic amines) is 1. The van der Waals surface area contributed by atoms with Gasteiger partial charge in [0, 0.05) is 11.5 Å². The number of carbonyl (C=O) groups is 1. The molecule has 1 N–H and O–H groups in total. The highest BCUT2D eigenvalue weighted by Gasteiger charge is 2.42. The first-order valence-corrected chi connectivity index (χ1v) is 5.22. The van der Waals surface area contributed by atoms with Crippen LogP contribution in [0.3, 0.4) is 0 Å². The number of nitrogens with zero attached hydrogens (tertiary/aromatic N) is 4. The van der Waals surface area contributed by atoms with Crippen molar-refractivity contribution in [3.8, 4) is 0 Å². The Morgan fingerprint density at radius 3 is 2.94 bits per heavy atom. The molecule has 1 aliphatic heterocycles. The number of hydrogen-bond donors (Lipinski definition) is 1. The van der Waals surface area contributed by atoms with Crippen LogP contribution in [-0.4, -0.2) is 47.9 Å². The second-order valence-electron chi connectivity index (χ2n) is 3.74. The molecule has 0 unspecified atom stereocenters. The topological polar surface area (TPSA) is 98.5 Å². The monoisotopic (exact) mass is 228 g/mol. The summed E-state index contributed by atoms with van der Waals surface area (Å²) in [5.41, 5.74) is 8.36. The van der Waals surface area contributed by atoms with Crippen molar-refractivity contribution in [2.45, 2.75) is 38.0 Å². The maximum atomic E-state index is 11.5. The minimum absolute atomic E-state index is 0.211. The first-order valence-electron chi connectivity index (χ1n) is 5.22. The first kappa shape index (κ1) is 12.6. The fourth-order valence-corrected chi connectivity index (χ4v) is 2.01. The van der Waals surface area contributed by atoms with Crippen LogP contribution in [0.5, 0.6) is 0 Å². The van der Waals surface area contributed by atoms with E-state index in [4.69, 9.17) is 5.53 Å². The predicted octanol–water partition coefficient (Wildman–Crippen LogP) is 1.28. The molecule has 1 rings (SSSR count). The lowest BCUT2D eigenvalue weighted by Crippen LogP contribution is -2.39. The average Bonchev–Trinajstić information content (AvgIpc) is 2.58. The molecule has 1 heterocycles. The van der Waals surface area contributed by atoms with Gasteiger partial charge in [0.2, 0.25) is 0 Å². The lowest BCUT2D eigenvalue weighted by Gasteiger charge is -2.24. The van der Waals surface area contributed by atoms with E-state index in [9.17, 15) is 9.90 Å². The molecule has 1 aliphatic rings. The third kappa shape index (κ3) is 2.37. The number of azide groups is 1. The van der Waals surface area contributed by atoms with Crippen molar-refractivity contribution in [1.29, 1.82) is 0 Å². The Kier molecular flexibility index (Phi) is 4.39. The number of carbonyl (C=O) groups excluding carboxylic acids is 1. The fraction of sp³-hybridized carbons (Fsp3) is 0.889. The molecule has 0 bridgehead atoms. The Morgan fingerprint density at radius 1 is 1.75 bits per heavy atom. The minimum atomic E-state index is -0.810. The lowest BCUT2D eigenvalue weighted by molar-refractivity contribution is 0.0829. The van der Waals surface area contributed by atoms with Crippen molar-refractivity contribution in [3.05, 3.63) is 10.4 Å². The average molecular weight is 228 g/mol. The molecule has 0 aromatic rings. The summed E-state index contributed by atoms with van der Waals surface area (Å²) >= 11 is 0. The van der Waals surface area contributed by atoms with Crippen LogP contribution in [0, 0.1) is 0 Å². The third-order valence-corrected chi connectivity index (χ3v) is 2.77. The number of amides is 1. The molecule has 1 saturated heterocycles. The molecule has 0 radical (unpaired) electrons. The maximum absolute atomic E-state index is 11.5. The Balaban J connectivity index is 2.82. The number of rotatable bonds is 3. The highest BCUT2D eigenvalue weighted by molar-refractivity contribution is 5.68. The van der Waals surface area contributed by atoms with Gasteiger partial charge < -0.3 is 14.7 Å². The van der Waals surface area contributed by atoms with Crippen LogP contribution in [0.4, 0.5) is 4.79 Å². The van der Waals surface area contributed by atoms with Crippen molar-refractivity contribution in [3.63, 3.8) is 0 Å². The van der Waals surface area contributed by atoms with Crippen molar-refractivity contribution in [2.24, 2.45) is 5.11 Å². The number of aliphatic hydroxyl groups is 1. The van der Waals surface area contributed by atoms with Crippen LogP contribution >= 0.6 is 0 Å². The van der Waals surface area contributed by atoms with E-state index in [0.29, 0.717) is 6.42 Å². The summed E-state index contributed by atoms with van der Waals surface area (Å²) in [7, 11) is 1.29. The Morgan fingerprint density at radius 2 is 2.44 bits per heavy atom. The molecule has 16 heavy (non-hydrogen) atoms. The molecule has 1 fully saturated rings. The van der Waals surface area contributed by atoms with Gasteiger partial charge >= 0.3 is 6.09 Å². The van der Waals surface area contributed by atoms with Crippen LogP contribution < -0.4 is 0 Å². The molecule has 0 saturated carbocycles. The van der Waals surface area contributed by atoms with Gasteiger partial charge in [-0.05, 0) is 12.0 Å². The van der Waals surface area contributed by atoms with E-state index in [1.54, 1.807) is 0 Å². The van der Waals surface area contributed by atoms with Crippen LogP contribution in [0.2, 0.25) is 0 Å². The highest BCUT2D eigenvalue weighted by atomic mass is 16.5. The predicted molar refractivity (Wildman–Crippen MR) is 56.7 cm³/mol. The fourth-order valence-electron chi connectivity index (χ4n) is 2.01. The summed E-state index contributed by atoms with van der Waals surface area (Å²) in [5, 5.41) is 13.4. The van der Waals surface area contributed by atoms with E-state index in [2.05, 4.69) is 14.8 Å². The Hall–Kier alpha value is -1.46. The summed E-state index contributed by atoms with van der Waals surface area (Å²) in [6.07, 6.45) is 0.189. The zero-order valence-corrected chi connectivity index (χ0v) is 9.41. The zero-order chi connectivity index (χ0) is 12.1. The SMILES string of the molecule is CCC[C@H]1[C@H](O)[C@@H](N=[N+]=[N-])CN1C(=O)OC. The van der Waals surface area contributed by atoms with Gasteiger partial charge in [-0.3, -0.25) is 0 Å². The summed E-state index contributed by atoms with van der Waals surface area (Å²) < 4.78 is 4.63. The Bertz CT molecular complexity index is 303. The van der Waals surface area contributed by atoms with Gasteiger partial charge in [-0.25, -0.2) is 4.79 Å². The molecule has 7 nitrogen and oxygen atoms in total. The van der Waals surface area contributed by atoms with Gasteiger partial charge in [0.1, 0.15) is 0 Å². The van der Waals surface area contributed by atoms with Gasteiger partial charge in [0.25, 0.3) is 0 Å². The maximum Gasteiger partial charge on any atom is 0.409 e. The zero-order valence-electron chi connectivity index (χ0n) is 9.41. The van der Waals surface area contributed by atoms with Gasteiger partial charge in [-0.1, -0.05) is 18.5 Å². The minimum Gasteiger partial charge on any atom is -0.453 e. The first-order chi connectivity index (χ1) is 7.65. The van der Waals surface area contributed by atoms with E-state index in [1.807, 2.05) is 6.92 Å². The van der Waals surface area contributed by atoms with E-state index >= 15 is 0 Å². The molecule has 3 atom stereocenters. The molecule has 0 aromatic carbocycles. The molecule has 1 amide bonds. The number of hydrogen-bond acceptors (Lipinski definition) is 4. The van der Waals surface area contributed by atoms with Crippen molar-refractivity contribution >= 4 is 6.09 Å². The molecule has 0 spiro atoms. The van der Waals surface area contributed by atoms with Gasteiger partial charge in [-0.2, -0.15) is 0 Å². The molecule has 0 aliphatic carbocycles. The second-order valence-corrected chi connectivity index (χ2v) is 3.74. The van der Waals surface area contributed by atoms with Gasteiger partial charge in [-0.15, -0.1) is 0 Å². The van der Waals surface area contributed by atoms with E-state index in [1.165, 1.54) is 12.0 Å². The molecular formula is C9H16N4O3. The van der Waals surface area contributed by atoms with Crippen LogP contribution in [0.15, 0.2) is 5.11 Å². The van der Waals surface area contributed by atoms with Crippen molar-refractivity contribution in [1.82, 2.24) is 4.90 Å². The Labute approximate surface area is 93.6 Å². The quantitative estimate of drug-likeness (QED) is 0.447. The van der Waals surface area contributed by atoms with Crippen LogP contribution in [0.25, 0.3) is 10.4 Å². The number of aliphatic hydroxyl groups excluding tert-OH is 1. The third-order valence-electron chi connectivity index (χ3n) is 2.77. The van der Waals surface area contributed by atoms with E-state index in [0.717, 1.165) is 6.42 Å². The molecule has 7 heteroatoms. The number of methoxy groups -OCH3 is 1. The summed E-state index contributed by atoms with van der Waals surface area (Å²) in [5.74, 6) is 0. The van der Waals surface area contributed by atoms with E-state index < -0.39 is 18.2 Å². The summed E-state index contributed by atoms with van der Waals surface area (Å²) in [6, 6.07) is -0.909. The molecule has 90 valence electrons. The smallest absolute Gasteiger partial charge is 0.409 e. The second kappa shape index (κ2) is 5.58. The standard InChI is InChI=1S/C9H16N4O3/c1-3-4-7-8(14)6(11-12-10)5-13(7)9(15)16-2/h6-8,14H,3-5H2,1-2H3/t6-,7-,8+/m0/s1. The number of ether oxygens (including phenoxy) is 1. The van der Waals surface area contributed by atoms with E-state index in [-0.39, 0.29) is 12.6 Å². The van der Waals surface area contributed by atoms with Crippen LogP contribution in [-0.2, 0) is 4.74 Å². The van der Waals surface area contributed by atoms with Crippen molar-refractivity contribution in [2.75, 3.05) is 13.7 Å². The summed E-state index contributed by atoms with van der Waals surface area (Å²) in [6.45, 7) is 2.17. The normalized spacial score (nSPS) is 28.7.